The standard InChI is InChI=1S/C19H16N2O2S/c1-3-23-16-9-8-13(11-17(16)22-2)10-14(12-20)19-21-15-6-4-5-7-18(15)24-19/h4-11H,3H2,1-2H3/b14-10-. The summed E-state index contributed by atoms with van der Waals surface area (Å²) in [5.41, 5.74) is 2.30. The fourth-order valence-electron chi connectivity index (χ4n) is 2.34. The molecule has 0 saturated heterocycles. The lowest BCUT2D eigenvalue weighted by Crippen LogP contribution is -1.95. The summed E-state index contributed by atoms with van der Waals surface area (Å²) in [6.07, 6.45) is 1.82. The van der Waals surface area contributed by atoms with Crippen molar-refractivity contribution >= 4 is 33.2 Å². The molecule has 5 heteroatoms. The summed E-state index contributed by atoms with van der Waals surface area (Å²) < 4.78 is 11.9. The second-order valence-corrected chi connectivity index (χ2v) is 6.03. The Balaban J connectivity index is 2.00. The van der Waals surface area contributed by atoms with Crippen molar-refractivity contribution < 1.29 is 9.47 Å². The van der Waals surface area contributed by atoms with Gasteiger partial charge in [-0.05, 0) is 42.8 Å². The van der Waals surface area contributed by atoms with Gasteiger partial charge in [-0.3, -0.25) is 0 Å². The van der Waals surface area contributed by atoms with Crippen LogP contribution in [0.5, 0.6) is 11.5 Å². The van der Waals surface area contributed by atoms with Gasteiger partial charge in [-0.25, -0.2) is 4.98 Å². The minimum Gasteiger partial charge on any atom is -0.493 e. The van der Waals surface area contributed by atoms with Crippen molar-refractivity contribution in [3.8, 4) is 17.6 Å². The minimum absolute atomic E-state index is 0.530. The van der Waals surface area contributed by atoms with E-state index in [2.05, 4.69) is 11.1 Å². The third kappa shape index (κ3) is 3.24. The van der Waals surface area contributed by atoms with Crippen molar-refractivity contribution in [3.05, 3.63) is 53.0 Å². The van der Waals surface area contributed by atoms with Crippen LogP contribution in [0.25, 0.3) is 21.9 Å². The maximum Gasteiger partial charge on any atom is 0.161 e. The van der Waals surface area contributed by atoms with E-state index < -0.39 is 0 Å². The van der Waals surface area contributed by atoms with Crippen molar-refractivity contribution in [2.45, 2.75) is 6.92 Å². The van der Waals surface area contributed by atoms with E-state index in [1.807, 2.05) is 55.5 Å². The summed E-state index contributed by atoms with van der Waals surface area (Å²) in [5, 5.41) is 10.2. The quantitative estimate of drug-likeness (QED) is 0.630. The van der Waals surface area contributed by atoms with Crippen molar-refractivity contribution in [2.24, 2.45) is 0 Å². The van der Waals surface area contributed by atoms with E-state index in [-0.39, 0.29) is 0 Å². The predicted octanol–water partition coefficient (Wildman–Crippen LogP) is 4.77. The van der Waals surface area contributed by atoms with Crippen molar-refractivity contribution in [3.63, 3.8) is 0 Å². The van der Waals surface area contributed by atoms with Gasteiger partial charge in [-0.1, -0.05) is 18.2 Å². The number of nitrogens with zero attached hydrogens (tertiary/aromatic N) is 2. The molecule has 0 spiro atoms. The first-order chi connectivity index (χ1) is 11.7. The first-order valence-corrected chi connectivity index (χ1v) is 8.35. The number of nitriles is 1. The molecule has 1 heterocycles. The molecule has 24 heavy (non-hydrogen) atoms. The van der Waals surface area contributed by atoms with E-state index in [9.17, 15) is 5.26 Å². The number of fused-ring (bicyclic) bond motifs is 1. The highest BCUT2D eigenvalue weighted by Crippen LogP contribution is 2.31. The summed E-state index contributed by atoms with van der Waals surface area (Å²) in [6, 6.07) is 15.7. The second-order valence-electron chi connectivity index (χ2n) is 5.00. The van der Waals surface area contributed by atoms with Gasteiger partial charge in [0, 0.05) is 0 Å². The molecule has 0 unspecified atom stereocenters. The molecule has 3 rings (SSSR count). The maximum absolute atomic E-state index is 9.52. The third-order valence-corrected chi connectivity index (χ3v) is 4.51. The third-order valence-electron chi connectivity index (χ3n) is 3.44. The van der Waals surface area contributed by atoms with Crippen LogP contribution in [0.4, 0.5) is 0 Å². The molecule has 0 fully saturated rings. The lowest BCUT2D eigenvalue weighted by Gasteiger charge is -2.09. The molecule has 0 saturated carbocycles. The van der Waals surface area contributed by atoms with Gasteiger partial charge in [0.2, 0.25) is 0 Å². The number of thiazole rings is 1. The van der Waals surface area contributed by atoms with Crippen LogP contribution in [0.2, 0.25) is 0 Å². The Kier molecular flexibility index (Phi) is 4.78. The summed E-state index contributed by atoms with van der Waals surface area (Å²) in [6.45, 7) is 2.49. The van der Waals surface area contributed by atoms with Crippen molar-refractivity contribution in [1.29, 1.82) is 5.26 Å². The molecule has 1 aromatic heterocycles. The Bertz CT molecular complexity index is 905. The molecule has 0 N–H and O–H groups in total. The summed E-state index contributed by atoms with van der Waals surface area (Å²) in [7, 11) is 1.60. The minimum atomic E-state index is 0.530. The molecule has 0 amide bonds. The highest BCUT2D eigenvalue weighted by molar-refractivity contribution is 7.19. The highest BCUT2D eigenvalue weighted by Gasteiger charge is 2.10. The van der Waals surface area contributed by atoms with Crippen molar-refractivity contribution in [2.75, 3.05) is 13.7 Å². The fraction of sp³-hybridized carbons (Fsp3) is 0.158. The first-order valence-electron chi connectivity index (χ1n) is 7.53. The predicted molar refractivity (Wildman–Crippen MR) is 97.3 cm³/mol. The van der Waals surface area contributed by atoms with Crippen molar-refractivity contribution in [1.82, 2.24) is 4.98 Å². The molecule has 0 aliphatic heterocycles. The molecule has 0 bridgehead atoms. The number of methoxy groups -OCH3 is 1. The molecule has 0 radical (unpaired) electrons. The van der Waals surface area contributed by atoms with E-state index in [4.69, 9.17) is 9.47 Å². The average molecular weight is 336 g/mol. The number of rotatable bonds is 5. The van der Waals surface area contributed by atoms with Crippen LogP contribution in [0, 0.1) is 11.3 Å². The smallest absolute Gasteiger partial charge is 0.161 e. The Labute approximate surface area is 144 Å². The number of benzene rings is 2. The molecule has 0 aliphatic carbocycles. The summed E-state index contributed by atoms with van der Waals surface area (Å²) in [5.74, 6) is 1.34. The zero-order chi connectivity index (χ0) is 16.9. The molecule has 0 aliphatic rings. The normalized spacial score (nSPS) is 11.3. The van der Waals surface area contributed by atoms with Gasteiger partial charge in [0.15, 0.2) is 11.5 Å². The molecule has 3 aromatic rings. The maximum atomic E-state index is 9.52. The van der Waals surface area contributed by atoms with Crippen LogP contribution in [0.1, 0.15) is 17.5 Å². The van der Waals surface area contributed by atoms with Gasteiger partial charge in [-0.15, -0.1) is 11.3 Å². The van der Waals surface area contributed by atoms with Gasteiger partial charge in [-0.2, -0.15) is 5.26 Å². The molecular formula is C19H16N2O2S. The topological polar surface area (TPSA) is 55.1 Å². The molecule has 2 aromatic carbocycles. The number of aromatic nitrogens is 1. The van der Waals surface area contributed by atoms with Crippen LogP contribution >= 0.6 is 11.3 Å². The van der Waals surface area contributed by atoms with Gasteiger partial charge in [0.1, 0.15) is 11.1 Å². The Hall–Kier alpha value is -2.84. The van der Waals surface area contributed by atoms with E-state index in [1.165, 1.54) is 11.3 Å². The van der Waals surface area contributed by atoms with Gasteiger partial charge in [0.05, 0.1) is 29.5 Å². The first kappa shape index (κ1) is 16.0. The summed E-state index contributed by atoms with van der Waals surface area (Å²) in [4.78, 5) is 4.54. The van der Waals surface area contributed by atoms with E-state index in [1.54, 1.807) is 7.11 Å². The molecular weight excluding hydrogens is 320 g/mol. The van der Waals surface area contributed by atoms with Crippen LogP contribution in [0.15, 0.2) is 42.5 Å². The Morgan fingerprint density at radius 2 is 2.08 bits per heavy atom. The Morgan fingerprint density at radius 1 is 1.25 bits per heavy atom. The monoisotopic (exact) mass is 336 g/mol. The number of ether oxygens (including phenoxy) is 2. The zero-order valence-corrected chi connectivity index (χ0v) is 14.3. The van der Waals surface area contributed by atoms with Crippen LogP contribution in [-0.2, 0) is 0 Å². The lowest BCUT2D eigenvalue weighted by atomic mass is 10.1. The van der Waals surface area contributed by atoms with E-state index in [0.29, 0.717) is 28.7 Å². The van der Waals surface area contributed by atoms with E-state index >= 15 is 0 Å². The number of para-hydroxylation sites is 1. The van der Waals surface area contributed by atoms with Gasteiger partial charge < -0.3 is 9.47 Å². The molecule has 120 valence electrons. The highest BCUT2D eigenvalue weighted by atomic mass is 32.1. The largest absolute Gasteiger partial charge is 0.493 e. The Morgan fingerprint density at radius 3 is 2.79 bits per heavy atom. The van der Waals surface area contributed by atoms with Gasteiger partial charge >= 0.3 is 0 Å². The number of hydrogen-bond acceptors (Lipinski definition) is 5. The van der Waals surface area contributed by atoms with Gasteiger partial charge in [0.25, 0.3) is 0 Å². The summed E-state index contributed by atoms with van der Waals surface area (Å²) >= 11 is 1.51. The SMILES string of the molecule is CCOc1ccc(/C=C(/C#N)c2nc3ccccc3s2)cc1OC. The molecule has 0 atom stereocenters. The van der Waals surface area contributed by atoms with Crippen LogP contribution in [0.3, 0.4) is 0 Å². The zero-order valence-electron chi connectivity index (χ0n) is 13.4. The van der Waals surface area contributed by atoms with E-state index in [0.717, 1.165) is 15.8 Å². The second kappa shape index (κ2) is 7.16. The number of allylic oxidation sites excluding steroid dienone is 1. The molecule has 4 nitrogen and oxygen atoms in total. The van der Waals surface area contributed by atoms with Crippen LogP contribution in [-0.4, -0.2) is 18.7 Å². The lowest BCUT2D eigenvalue weighted by molar-refractivity contribution is 0.311. The van der Waals surface area contributed by atoms with Crippen LogP contribution < -0.4 is 9.47 Å². The fourth-order valence-corrected chi connectivity index (χ4v) is 3.28. The number of hydrogen-bond donors (Lipinski definition) is 0. The average Bonchev–Trinajstić information content (AvgIpc) is 3.04.